The summed E-state index contributed by atoms with van der Waals surface area (Å²) in [7, 11) is 0. The van der Waals surface area contributed by atoms with Crippen molar-refractivity contribution in [3.8, 4) is 79.3 Å². The van der Waals surface area contributed by atoms with Gasteiger partial charge in [0, 0.05) is 66.1 Å². The topological polar surface area (TPSA) is 73.1 Å². The molecule has 0 spiro atoms. The number of nitrogens with zero attached hydrogens (tertiary/aromatic N) is 8. The molecule has 0 saturated heterocycles. The zero-order chi connectivity index (χ0) is 54.1. The third kappa shape index (κ3) is 7.58. The Morgan fingerprint density at radius 3 is 1.20 bits per heavy atom. The molecule has 8 nitrogen and oxygen atoms in total. The van der Waals surface area contributed by atoms with Gasteiger partial charge in [-0.05, 0) is 101 Å². The van der Waals surface area contributed by atoms with Crippen LogP contribution >= 0.6 is 0 Å². The lowest BCUT2D eigenvalue weighted by Crippen LogP contribution is -1.97. The Kier molecular flexibility index (Phi) is 10.8. The Morgan fingerprint density at radius 1 is 0.321 bits per heavy atom. The van der Waals surface area contributed by atoms with Crippen LogP contribution in [0.2, 0.25) is 0 Å². The van der Waals surface area contributed by atoms with Crippen LogP contribution in [0.4, 0.5) is 11.4 Å². The molecule has 0 bridgehead atoms. The van der Waals surface area contributed by atoms with Crippen LogP contribution in [0.5, 0.6) is 0 Å². The zero-order valence-corrected chi connectivity index (χ0v) is 43.3. The smallest absolute Gasteiger partial charge is 0.198 e. The van der Waals surface area contributed by atoms with Crippen molar-refractivity contribution in [2.75, 3.05) is 0 Å². The summed E-state index contributed by atoms with van der Waals surface area (Å²) in [5.74, 6) is 0.420. The maximum Gasteiger partial charge on any atom is 0.198 e. The van der Waals surface area contributed by atoms with Crippen molar-refractivity contribution in [3.05, 3.63) is 283 Å². The Bertz CT molecular complexity index is 4860. The minimum atomic E-state index is 0.420. The lowest BCUT2D eigenvalue weighted by Gasteiger charge is -2.13. The van der Waals surface area contributed by atoms with E-state index in [9.17, 15) is 5.26 Å². The Morgan fingerprint density at radius 2 is 0.704 bits per heavy atom. The minimum Gasteiger partial charge on any atom is -0.309 e. The van der Waals surface area contributed by atoms with Crippen LogP contribution in [0.1, 0.15) is 5.56 Å². The highest BCUT2D eigenvalue weighted by Gasteiger charge is 2.21. The molecule has 4 aromatic heterocycles. The van der Waals surface area contributed by atoms with Gasteiger partial charge in [-0.25, -0.2) is 19.7 Å². The molecular weight excluding hydrogens is 989 g/mol. The third-order valence-corrected chi connectivity index (χ3v) is 15.8. The molecule has 81 heavy (non-hydrogen) atoms. The predicted molar refractivity (Wildman–Crippen MR) is 329 cm³/mol. The van der Waals surface area contributed by atoms with Gasteiger partial charge in [0.05, 0.1) is 69.3 Å². The summed E-state index contributed by atoms with van der Waals surface area (Å²) in [6.07, 6.45) is 0. The number of para-hydroxylation sites is 6. The van der Waals surface area contributed by atoms with E-state index in [1.165, 1.54) is 21.5 Å². The Labute approximate surface area is 465 Å². The van der Waals surface area contributed by atoms with Gasteiger partial charge < -0.3 is 13.7 Å². The molecule has 0 aliphatic heterocycles. The lowest BCUT2D eigenvalue weighted by atomic mass is 9.96. The molecule has 15 aromatic rings. The van der Waals surface area contributed by atoms with Gasteiger partial charge in [0.2, 0.25) is 0 Å². The largest absolute Gasteiger partial charge is 0.309 e. The van der Waals surface area contributed by atoms with Crippen molar-refractivity contribution in [2.45, 2.75) is 0 Å². The summed E-state index contributed by atoms with van der Waals surface area (Å²) < 4.78 is 7.05. The molecule has 11 aromatic carbocycles. The van der Waals surface area contributed by atoms with E-state index in [2.05, 4.69) is 211 Å². The summed E-state index contributed by atoms with van der Waals surface area (Å²) in [6, 6.07) is 90.1. The first-order valence-corrected chi connectivity index (χ1v) is 26.7. The van der Waals surface area contributed by atoms with Crippen molar-refractivity contribution >= 4 is 76.8 Å². The average molecular weight is 1030 g/mol. The first kappa shape index (κ1) is 46.7. The van der Waals surface area contributed by atoms with Crippen LogP contribution in [-0.2, 0) is 0 Å². The highest BCUT2D eigenvalue weighted by Crippen LogP contribution is 2.42. The summed E-state index contributed by atoms with van der Waals surface area (Å²) in [5, 5.41) is 18.0. The molecule has 0 radical (unpaired) electrons. The number of hydrogen-bond acceptors (Lipinski definition) is 3. The van der Waals surface area contributed by atoms with Crippen molar-refractivity contribution in [2.24, 2.45) is 0 Å². The molecule has 0 aliphatic rings. The van der Waals surface area contributed by atoms with E-state index in [1.54, 1.807) is 12.1 Å². The summed E-state index contributed by atoms with van der Waals surface area (Å²) in [6.45, 7) is 15.7. The molecule has 15 rings (SSSR count). The second kappa shape index (κ2) is 18.8. The molecule has 0 unspecified atom stereocenters. The Balaban J connectivity index is 0.807. The van der Waals surface area contributed by atoms with Gasteiger partial charge in [-0.15, -0.1) is 0 Å². The van der Waals surface area contributed by atoms with Crippen LogP contribution in [-0.4, -0.2) is 23.7 Å². The minimum absolute atomic E-state index is 0.420. The molecular formula is C73H42N8. The first-order valence-electron chi connectivity index (χ1n) is 26.7. The van der Waals surface area contributed by atoms with Gasteiger partial charge in [-0.1, -0.05) is 176 Å². The third-order valence-electron chi connectivity index (χ3n) is 15.8. The van der Waals surface area contributed by atoms with E-state index in [-0.39, 0.29) is 0 Å². The second-order valence-electron chi connectivity index (χ2n) is 20.2. The van der Waals surface area contributed by atoms with Crippen LogP contribution in [0.15, 0.2) is 255 Å². The molecule has 0 atom stereocenters. The molecule has 8 heteroatoms. The normalized spacial score (nSPS) is 11.4. The van der Waals surface area contributed by atoms with E-state index in [0.717, 1.165) is 88.8 Å². The van der Waals surface area contributed by atoms with Crippen LogP contribution < -0.4 is 0 Å². The first-order chi connectivity index (χ1) is 40.0. The summed E-state index contributed by atoms with van der Waals surface area (Å²) in [5.41, 5.74) is 18.5. The fraction of sp³-hybridized carbons (Fsp3) is 0. The van der Waals surface area contributed by atoms with Crippen molar-refractivity contribution in [1.82, 2.24) is 23.7 Å². The molecule has 0 N–H and O–H groups in total. The standard InChI is InChI=1S/C73H42N8/c1-75-63-21-9-3-19-59(63)66-44-65(77-73(78-66)60-20-4-10-22-64(60)76-2)49-33-29-47(30-34-49)46-27-31-48(32-28-46)54-38-35-51(41-50(54)45-74)79-71-39-36-52(80-67-23-11-5-15-55(67)56-16-6-12-24-68(56)80)42-61(71)62-43-53(37-40-72(62)79)81-69-25-13-7-17-57(69)58-18-8-14-26-70(58)81/h3-44H. The highest BCUT2D eigenvalue weighted by molar-refractivity contribution is 6.14. The van der Waals surface area contributed by atoms with Crippen LogP contribution in [0, 0.1) is 24.5 Å². The quantitative estimate of drug-likeness (QED) is 0.142. The molecule has 0 fully saturated rings. The molecule has 374 valence electrons. The van der Waals surface area contributed by atoms with E-state index in [0.29, 0.717) is 45.3 Å². The van der Waals surface area contributed by atoms with Gasteiger partial charge in [0.25, 0.3) is 0 Å². The molecule has 0 amide bonds. The number of rotatable bonds is 8. The molecule has 0 aliphatic carbocycles. The fourth-order valence-corrected chi connectivity index (χ4v) is 12.0. The molecule has 0 saturated carbocycles. The number of fused-ring (bicyclic) bond motifs is 9. The van der Waals surface area contributed by atoms with E-state index < -0.39 is 0 Å². The zero-order valence-electron chi connectivity index (χ0n) is 43.3. The maximum absolute atomic E-state index is 10.9. The average Bonchev–Trinajstić information content (AvgIpc) is 4.23. The number of aromatic nitrogens is 5. The van der Waals surface area contributed by atoms with Gasteiger partial charge >= 0.3 is 0 Å². The fourth-order valence-electron chi connectivity index (χ4n) is 12.0. The van der Waals surface area contributed by atoms with Crippen LogP contribution in [0.25, 0.3) is 148 Å². The van der Waals surface area contributed by atoms with Crippen LogP contribution in [0.3, 0.4) is 0 Å². The summed E-state index contributed by atoms with van der Waals surface area (Å²) in [4.78, 5) is 17.4. The van der Waals surface area contributed by atoms with E-state index in [1.807, 2.05) is 60.7 Å². The number of benzene rings is 11. The van der Waals surface area contributed by atoms with Gasteiger partial charge in [-0.3, -0.25) is 0 Å². The lowest BCUT2D eigenvalue weighted by molar-refractivity contribution is 1.16. The monoisotopic (exact) mass is 1030 g/mol. The number of hydrogen-bond donors (Lipinski definition) is 0. The van der Waals surface area contributed by atoms with Crippen molar-refractivity contribution in [1.29, 1.82) is 5.26 Å². The van der Waals surface area contributed by atoms with Gasteiger partial charge in [-0.2, -0.15) is 5.26 Å². The van der Waals surface area contributed by atoms with Crippen molar-refractivity contribution < 1.29 is 0 Å². The van der Waals surface area contributed by atoms with Gasteiger partial charge in [0.15, 0.2) is 11.4 Å². The predicted octanol–water partition coefficient (Wildman–Crippen LogP) is 19.1. The second-order valence-corrected chi connectivity index (χ2v) is 20.2. The summed E-state index contributed by atoms with van der Waals surface area (Å²) >= 11 is 0. The van der Waals surface area contributed by atoms with Crippen molar-refractivity contribution in [3.63, 3.8) is 0 Å². The highest BCUT2D eigenvalue weighted by atomic mass is 15.0. The SMILES string of the molecule is [C-]#[N+]c1ccccc1-c1cc(-c2ccc(-c3ccc(-c4ccc(-n5c6ccc(-n7c8ccccc8c8ccccc87)cc6c6cc(-n7c8ccccc8c8ccccc87)ccc65)cc4C#N)cc3)cc2)nc(-c2ccccc2[N+]#[C-])n1. The number of nitriles is 1. The van der Waals surface area contributed by atoms with E-state index in [4.69, 9.17) is 23.1 Å². The van der Waals surface area contributed by atoms with E-state index >= 15 is 0 Å². The maximum atomic E-state index is 10.9. The Hall–Kier alpha value is -11.6. The van der Waals surface area contributed by atoms with Gasteiger partial charge in [0.1, 0.15) is 5.82 Å². The molecule has 4 heterocycles.